The van der Waals surface area contributed by atoms with E-state index < -0.39 is 12.1 Å². The molecule has 2 atom stereocenters. The minimum Gasteiger partial charge on any atom is -0.508 e. The molecular weight excluding hydrogens is 350 g/mol. The van der Waals surface area contributed by atoms with Crippen LogP contribution in [0.5, 0.6) is 5.75 Å². The molecule has 0 spiro atoms. The van der Waals surface area contributed by atoms with E-state index >= 15 is 0 Å². The van der Waals surface area contributed by atoms with E-state index in [1.54, 1.807) is 37.3 Å². The quantitative estimate of drug-likeness (QED) is 0.677. The van der Waals surface area contributed by atoms with Crippen LogP contribution in [-0.2, 0) is 22.4 Å². The van der Waals surface area contributed by atoms with Gasteiger partial charge in [0.2, 0.25) is 11.8 Å². The Morgan fingerprint density at radius 3 is 2.67 bits per heavy atom. The maximum absolute atomic E-state index is 12.8. The zero-order valence-electron chi connectivity index (χ0n) is 15.1. The van der Waals surface area contributed by atoms with E-state index in [-0.39, 0.29) is 37.0 Å². The molecule has 1 saturated heterocycles. The van der Waals surface area contributed by atoms with Gasteiger partial charge in [0.1, 0.15) is 11.5 Å². The molecule has 2 amide bonds. The van der Waals surface area contributed by atoms with Crippen LogP contribution in [0.2, 0.25) is 0 Å². The van der Waals surface area contributed by atoms with Crippen molar-refractivity contribution in [3.63, 3.8) is 0 Å². The molecule has 3 rings (SSSR count). The first-order valence-electron chi connectivity index (χ1n) is 8.88. The normalized spacial score (nSPS) is 19.2. The number of aromatic nitrogens is 1. The van der Waals surface area contributed by atoms with Gasteiger partial charge in [0.25, 0.3) is 0 Å². The van der Waals surface area contributed by atoms with Crippen molar-refractivity contribution in [1.82, 2.24) is 15.4 Å². The summed E-state index contributed by atoms with van der Waals surface area (Å²) in [6, 6.07) is 7.71. The summed E-state index contributed by atoms with van der Waals surface area (Å²) in [6.07, 6.45) is 0.0910. The number of phenolic OH excluding ortho intramolecular Hbond substituents is 1. The minimum absolute atomic E-state index is 0.0581. The highest BCUT2D eigenvalue weighted by Gasteiger charge is 2.34. The van der Waals surface area contributed by atoms with Crippen molar-refractivity contribution in [3.8, 4) is 5.75 Å². The Labute approximate surface area is 156 Å². The van der Waals surface area contributed by atoms with Crippen LogP contribution in [0.25, 0.3) is 0 Å². The number of nitrogens with one attached hydrogen (secondary N) is 1. The first-order chi connectivity index (χ1) is 12.9. The topological polar surface area (TPSA) is 116 Å². The van der Waals surface area contributed by atoms with Crippen LogP contribution < -0.4 is 5.32 Å². The van der Waals surface area contributed by atoms with Crippen molar-refractivity contribution in [2.24, 2.45) is 0 Å². The number of aliphatic hydroxyl groups excluding tert-OH is 1. The maximum atomic E-state index is 12.8. The number of imide groups is 1. The van der Waals surface area contributed by atoms with Gasteiger partial charge in [-0.25, -0.2) is 0 Å². The van der Waals surface area contributed by atoms with E-state index in [0.717, 1.165) is 5.56 Å². The van der Waals surface area contributed by atoms with E-state index in [0.29, 0.717) is 24.4 Å². The van der Waals surface area contributed by atoms with Crippen molar-refractivity contribution in [3.05, 3.63) is 47.3 Å². The Bertz CT molecular complexity index is 802. The third-order valence-corrected chi connectivity index (χ3v) is 4.54. The summed E-state index contributed by atoms with van der Waals surface area (Å²) in [5, 5.41) is 25.8. The number of aliphatic hydroxyl groups is 1. The van der Waals surface area contributed by atoms with Gasteiger partial charge in [-0.15, -0.1) is 0 Å². The number of amides is 2. The minimum atomic E-state index is -0.593. The molecule has 2 aromatic rings. The smallest absolute Gasteiger partial charge is 0.246 e. The summed E-state index contributed by atoms with van der Waals surface area (Å²) in [6.45, 7) is 2.29. The van der Waals surface area contributed by atoms with Gasteiger partial charge in [-0.3, -0.25) is 14.5 Å². The van der Waals surface area contributed by atoms with Gasteiger partial charge in [0, 0.05) is 19.2 Å². The molecule has 1 aromatic heterocycles. The molecule has 0 aliphatic carbocycles. The average molecular weight is 373 g/mol. The fourth-order valence-corrected chi connectivity index (χ4v) is 3.10. The maximum Gasteiger partial charge on any atom is 0.246 e. The number of rotatable bonds is 6. The van der Waals surface area contributed by atoms with Crippen LogP contribution in [0.4, 0.5) is 0 Å². The Hall–Kier alpha value is -2.71. The van der Waals surface area contributed by atoms with Crippen LogP contribution in [0, 0.1) is 6.92 Å². The van der Waals surface area contributed by atoms with Gasteiger partial charge in [-0.1, -0.05) is 17.3 Å². The van der Waals surface area contributed by atoms with Crippen LogP contribution in [0.1, 0.15) is 23.4 Å². The van der Waals surface area contributed by atoms with Gasteiger partial charge in [0.15, 0.2) is 0 Å². The Morgan fingerprint density at radius 2 is 2.07 bits per heavy atom. The Kier molecular flexibility index (Phi) is 5.88. The largest absolute Gasteiger partial charge is 0.508 e. The summed E-state index contributed by atoms with van der Waals surface area (Å²) in [4.78, 5) is 26.8. The summed E-state index contributed by atoms with van der Waals surface area (Å²) < 4.78 is 5.09. The summed E-state index contributed by atoms with van der Waals surface area (Å²) in [7, 11) is 0. The van der Waals surface area contributed by atoms with Crippen molar-refractivity contribution < 1.29 is 24.3 Å². The van der Waals surface area contributed by atoms with E-state index in [9.17, 15) is 19.8 Å². The number of hydrogen-bond acceptors (Lipinski definition) is 7. The first kappa shape index (κ1) is 19.1. The lowest BCUT2D eigenvalue weighted by molar-refractivity contribution is -0.145. The summed E-state index contributed by atoms with van der Waals surface area (Å²) >= 11 is 0. The van der Waals surface area contributed by atoms with Crippen LogP contribution in [-0.4, -0.2) is 57.3 Å². The molecule has 1 aromatic carbocycles. The SMILES string of the molecule is Cc1cc(CC(=O)N(CCc2ccc(O)cc2)C(=O)[C@@H]2C[C@@H](O)CN2)on1. The summed E-state index contributed by atoms with van der Waals surface area (Å²) in [5.74, 6) is -0.170. The zero-order chi connectivity index (χ0) is 19.4. The molecule has 0 bridgehead atoms. The second kappa shape index (κ2) is 8.32. The average Bonchev–Trinajstić information content (AvgIpc) is 3.25. The number of β-amino-alcohol motifs (C(OH)–C–C–N with tert-alkyl or cyclic N) is 1. The molecular formula is C19H23N3O5. The molecule has 8 heteroatoms. The van der Waals surface area contributed by atoms with E-state index in [2.05, 4.69) is 10.5 Å². The molecule has 3 N–H and O–H groups in total. The Balaban J connectivity index is 1.71. The van der Waals surface area contributed by atoms with Gasteiger partial charge in [0.05, 0.1) is 24.3 Å². The third kappa shape index (κ3) is 4.93. The molecule has 8 nitrogen and oxygen atoms in total. The van der Waals surface area contributed by atoms with Gasteiger partial charge >= 0.3 is 0 Å². The van der Waals surface area contributed by atoms with Crippen molar-refractivity contribution >= 4 is 11.8 Å². The van der Waals surface area contributed by atoms with Gasteiger partial charge in [-0.05, 0) is 37.5 Å². The number of benzene rings is 1. The number of phenols is 1. The second-order valence-electron chi connectivity index (χ2n) is 6.76. The molecule has 1 fully saturated rings. The molecule has 27 heavy (non-hydrogen) atoms. The lowest BCUT2D eigenvalue weighted by atomic mass is 10.1. The molecule has 2 heterocycles. The van der Waals surface area contributed by atoms with Crippen molar-refractivity contribution in [1.29, 1.82) is 0 Å². The third-order valence-electron chi connectivity index (χ3n) is 4.54. The van der Waals surface area contributed by atoms with E-state index in [1.807, 2.05) is 0 Å². The van der Waals surface area contributed by atoms with Crippen LogP contribution in [0.15, 0.2) is 34.9 Å². The highest BCUT2D eigenvalue weighted by atomic mass is 16.5. The molecule has 1 aliphatic rings. The number of hydrogen-bond donors (Lipinski definition) is 3. The molecule has 144 valence electrons. The predicted octanol–water partition coefficient (Wildman–Crippen LogP) is 0.552. The molecule has 0 radical (unpaired) electrons. The highest BCUT2D eigenvalue weighted by molar-refractivity contribution is 5.98. The van der Waals surface area contributed by atoms with Crippen molar-refractivity contribution in [2.75, 3.05) is 13.1 Å². The molecule has 1 aliphatic heterocycles. The van der Waals surface area contributed by atoms with Crippen LogP contribution in [0.3, 0.4) is 0 Å². The fourth-order valence-electron chi connectivity index (χ4n) is 3.10. The first-order valence-corrected chi connectivity index (χ1v) is 8.88. The number of aromatic hydroxyl groups is 1. The highest BCUT2D eigenvalue weighted by Crippen LogP contribution is 2.15. The number of carbonyl (C=O) groups is 2. The van der Waals surface area contributed by atoms with E-state index in [1.165, 1.54) is 4.90 Å². The molecule has 0 saturated carbocycles. The number of nitrogens with zero attached hydrogens (tertiary/aromatic N) is 2. The predicted molar refractivity (Wildman–Crippen MR) is 95.9 cm³/mol. The summed E-state index contributed by atoms with van der Waals surface area (Å²) in [5.41, 5.74) is 1.56. The fraction of sp³-hybridized carbons (Fsp3) is 0.421. The second-order valence-corrected chi connectivity index (χ2v) is 6.76. The lowest BCUT2D eigenvalue weighted by Crippen LogP contribution is -2.48. The van der Waals surface area contributed by atoms with Crippen molar-refractivity contribution in [2.45, 2.75) is 38.3 Å². The Morgan fingerprint density at radius 1 is 1.33 bits per heavy atom. The zero-order valence-corrected chi connectivity index (χ0v) is 15.1. The van der Waals surface area contributed by atoms with E-state index in [4.69, 9.17) is 4.52 Å². The lowest BCUT2D eigenvalue weighted by Gasteiger charge is -2.24. The van der Waals surface area contributed by atoms with Gasteiger partial charge in [-0.2, -0.15) is 0 Å². The standard InChI is InChI=1S/C19H23N3O5/c1-12-8-16(27-21-12)10-18(25)22(19(26)17-9-15(24)11-20-17)7-6-13-2-4-14(23)5-3-13/h2-5,8,15,17,20,23-24H,6-7,9-11H2,1H3/t15-,17+/m1/s1. The van der Waals surface area contributed by atoms with Crippen LogP contribution >= 0.6 is 0 Å². The monoisotopic (exact) mass is 373 g/mol. The number of aryl methyl sites for hydroxylation is 1. The number of carbonyl (C=O) groups excluding carboxylic acids is 2. The van der Waals surface area contributed by atoms with Gasteiger partial charge < -0.3 is 20.1 Å². The molecule has 0 unspecified atom stereocenters.